The minimum Gasteiger partial charge on any atom is -0.495 e. The average Bonchev–Trinajstić information content (AvgIpc) is 2.46. The molecule has 0 aliphatic carbocycles. The molecule has 0 amide bonds. The summed E-state index contributed by atoms with van der Waals surface area (Å²) in [5.74, 6) is 1.73. The molecular formula is C16H12Br2O2. The van der Waals surface area contributed by atoms with E-state index < -0.39 is 0 Å². The van der Waals surface area contributed by atoms with E-state index in [9.17, 15) is 0 Å². The van der Waals surface area contributed by atoms with Gasteiger partial charge < -0.3 is 9.47 Å². The minimum atomic E-state index is 0.865. The summed E-state index contributed by atoms with van der Waals surface area (Å²) < 4.78 is 13.3. The lowest BCUT2D eigenvalue weighted by atomic mass is 10.0. The Morgan fingerprint density at radius 2 is 1.10 bits per heavy atom. The van der Waals surface area contributed by atoms with Gasteiger partial charge in [-0.3, -0.25) is 0 Å². The van der Waals surface area contributed by atoms with E-state index in [4.69, 9.17) is 9.47 Å². The highest BCUT2D eigenvalue weighted by Crippen LogP contribution is 2.44. The lowest BCUT2D eigenvalue weighted by molar-refractivity contribution is 0.417. The summed E-state index contributed by atoms with van der Waals surface area (Å²) in [5, 5.41) is 4.15. The summed E-state index contributed by atoms with van der Waals surface area (Å²) in [6.07, 6.45) is 0. The Morgan fingerprint density at radius 3 is 1.45 bits per heavy atom. The van der Waals surface area contributed by atoms with Gasteiger partial charge in [-0.15, -0.1) is 0 Å². The molecule has 0 aromatic heterocycles. The molecule has 0 unspecified atom stereocenters. The van der Waals surface area contributed by atoms with Gasteiger partial charge in [0.25, 0.3) is 0 Å². The van der Waals surface area contributed by atoms with Crippen LogP contribution in [0.4, 0.5) is 0 Å². The van der Waals surface area contributed by atoms with E-state index >= 15 is 0 Å². The van der Waals surface area contributed by atoms with Crippen LogP contribution in [0.3, 0.4) is 0 Å². The second-order valence-electron chi connectivity index (χ2n) is 4.42. The van der Waals surface area contributed by atoms with Crippen molar-refractivity contribution in [3.63, 3.8) is 0 Å². The fourth-order valence-corrected chi connectivity index (χ4v) is 3.22. The van der Waals surface area contributed by atoms with Crippen LogP contribution >= 0.6 is 31.9 Å². The lowest BCUT2D eigenvalue weighted by Crippen LogP contribution is -1.93. The first kappa shape index (κ1) is 13.7. The van der Waals surface area contributed by atoms with E-state index in [0.717, 1.165) is 42.0 Å². The van der Waals surface area contributed by atoms with Crippen molar-refractivity contribution in [1.82, 2.24) is 0 Å². The monoisotopic (exact) mass is 394 g/mol. The maximum absolute atomic E-state index is 5.64. The van der Waals surface area contributed by atoms with Crippen molar-refractivity contribution in [2.45, 2.75) is 0 Å². The number of methoxy groups -OCH3 is 2. The summed E-state index contributed by atoms with van der Waals surface area (Å²) in [5.41, 5.74) is 0. The molecule has 0 N–H and O–H groups in total. The van der Waals surface area contributed by atoms with Gasteiger partial charge >= 0.3 is 0 Å². The third kappa shape index (κ3) is 1.98. The van der Waals surface area contributed by atoms with Crippen molar-refractivity contribution >= 4 is 53.4 Å². The third-order valence-electron chi connectivity index (χ3n) is 3.37. The molecule has 0 spiro atoms. The molecule has 0 fully saturated rings. The number of benzene rings is 3. The lowest BCUT2D eigenvalue weighted by Gasteiger charge is -2.15. The van der Waals surface area contributed by atoms with Crippen LogP contribution in [0.15, 0.2) is 45.3 Å². The SMILES string of the molecule is COc1c2ccccc2c(OC)c2cc(Br)c(Br)cc12. The Hall–Kier alpha value is -1.26. The summed E-state index contributed by atoms with van der Waals surface area (Å²) in [7, 11) is 3.40. The summed E-state index contributed by atoms with van der Waals surface area (Å²) in [6.45, 7) is 0. The van der Waals surface area contributed by atoms with Gasteiger partial charge in [-0.25, -0.2) is 0 Å². The van der Waals surface area contributed by atoms with E-state index in [1.165, 1.54) is 0 Å². The van der Waals surface area contributed by atoms with Gasteiger partial charge in [0.05, 0.1) is 14.2 Å². The molecule has 0 atom stereocenters. The Labute approximate surface area is 133 Å². The third-order valence-corrected chi connectivity index (χ3v) is 5.22. The van der Waals surface area contributed by atoms with Crippen LogP contribution in [0.1, 0.15) is 0 Å². The van der Waals surface area contributed by atoms with E-state index in [2.05, 4.69) is 31.9 Å². The molecule has 0 saturated heterocycles. The summed E-state index contributed by atoms with van der Waals surface area (Å²) >= 11 is 7.09. The first-order valence-corrected chi connectivity index (χ1v) is 7.67. The summed E-state index contributed by atoms with van der Waals surface area (Å²) in [4.78, 5) is 0. The normalized spacial score (nSPS) is 11.0. The van der Waals surface area contributed by atoms with Crippen LogP contribution in [0.2, 0.25) is 0 Å². The zero-order valence-electron chi connectivity index (χ0n) is 11.0. The highest BCUT2D eigenvalue weighted by Gasteiger charge is 2.16. The number of rotatable bonds is 2. The second-order valence-corrected chi connectivity index (χ2v) is 6.13. The van der Waals surface area contributed by atoms with Crippen LogP contribution in [0.25, 0.3) is 21.5 Å². The molecular weight excluding hydrogens is 384 g/mol. The highest BCUT2D eigenvalue weighted by molar-refractivity contribution is 9.13. The van der Waals surface area contributed by atoms with Gasteiger partial charge in [0.15, 0.2) is 0 Å². The fourth-order valence-electron chi connectivity index (χ4n) is 2.53. The Bertz CT molecular complexity index is 745. The molecule has 0 radical (unpaired) electrons. The average molecular weight is 396 g/mol. The number of fused-ring (bicyclic) bond motifs is 2. The molecule has 102 valence electrons. The second kappa shape index (κ2) is 5.26. The predicted octanol–water partition coefficient (Wildman–Crippen LogP) is 5.54. The molecule has 3 rings (SSSR count). The van der Waals surface area contributed by atoms with Gasteiger partial charge in [-0.05, 0) is 44.0 Å². The maximum Gasteiger partial charge on any atom is 0.134 e. The topological polar surface area (TPSA) is 18.5 Å². The molecule has 3 aromatic carbocycles. The molecule has 0 aliphatic heterocycles. The largest absolute Gasteiger partial charge is 0.495 e. The molecule has 0 saturated carbocycles. The highest BCUT2D eigenvalue weighted by atomic mass is 79.9. The molecule has 0 heterocycles. The standard InChI is InChI=1S/C16H12Br2O2/c1-19-15-9-5-3-4-6-10(9)16(20-2)12-8-14(18)13(17)7-11(12)15/h3-8H,1-2H3. The van der Waals surface area contributed by atoms with Crippen LogP contribution in [0, 0.1) is 0 Å². The van der Waals surface area contributed by atoms with Crippen LogP contribution in [0.5, 0.6) is 11.5 Å². The van der Waals surface area contributed by atoms with Crippen molar-refractivity contribution in [3.05, 3.63) is 45.3 Å². The molecule has 20 heavy (non-hydrogen) atoms. The number of ether oxygens (including phenoxy) is 2. The Kier molecular flexibility index (Phi) is 3.61. The fraction of sp³-hybridized carbons (Fsp3) is 0.125. The smallest absolute Gasteiger partial charge is 0.134 e. The first-order valence-electron chi connectivity index (χ1n) is 6.08. The van der Waals surface area contributed by atoms with E-state index in [1.807, 2.05) is 36.4 Å². The van der Waals surface area contributed by atoms with Crippen molar-refractivity contribution in [2.75, 3.05) is 14.2 Å². The molecule has 0 aliphatic rings. The number of halogens is 2. The van der Waals surface area contributed by atoms with Crippen LogP contribution < -0.4 is 9.47 Å². The molecule has 2 nitrogen and oxygen atoms in total. The van der Waals surface area contributed by atoms with Crippen molar-refractivity contribution in [3.8, 4) is 11.5 Å². The first-order chi connectivity index (χ1) is 9.67. The van der Waals surface area contributed by atoms with E-state index in [0.29, 0.717) is 0 Å². The molecule has 0 bridgehead atoms. The van der Waals surface area contributed by atoms with Gasteiger partial charge in [0, 0.05) is 30.5 Å². The minimum absolute atomic E-state index is 0.865. The molecule has 4 heteroatoms. The predicted molar refractivity (Wildman–Crippen MR) is 90.0 cm³/mol. The zero-order chi connectivity index (χ0) is 14.3. The maximum atomic E-state index is 5.64. The number of hydrogen-bond acceptors (Lipinski definition) is 2. The van der Waals surface area contributed by atoms with Gasteiger partial charge in [-0.2, -0.15) is 0 Å². The van der Waals surface area contributed by atoms with Crippen molar-refractivity contribution in [2.24, 2.45) is 0 Å². The van der Waals surface area contributed by atoms with E-state index in [1.54, 1.807) is 14.2 Å². The Balaban J connectivity index is 2.61. The van der Waals surface area contributed by atoms with Crippen LogP contribution in [-0.4, -0.2) is 14.2 Å². The van der Waals surface area contributed by atoms with Crippen LogP contribution in [-0.2, 0) is 0 Å². The summed E-state index contributed by atoms with van der Waals surface area (Å²) in [6, 6.07) is 12.2. The van der Waals surface area contributed by atoms with Crippen molar-refractivity contribution < 1.29 is 9.47 Å². The number of hydrogen-bond donors (Lipinski definition) is 0. The quantitative estimate of drug-likeness (QED) is 0.530. The van der Waals surface area contributed by atoms with Gasteiger partial charge in [0.1, 0.15) is 11.5 Å². The Morgan fingerprint density at radius 1 is 0.700 bits per heavy atom. The van der Waals surface area contributed by atoms with Gasteiger partial charge in [0.2, 0.25) is 0 Å². The van der Waals surface area contributed by atoms with Gasteiger partial charge in [-0.1, -0.05) is 24.3 Å². The molecule has 3 aromatic rings. The zero-order valence-corrected chi connectivity index (χ0v) is 14.2. The van der Waals surface area contributed by atoms with Crippen molar-refractivity contribution in [1.29, 1.82) is 0 Å². The van der Waals surface area contributed by atoms with E-state index in [-0.39, 0.29) is 0 Å².